The van der Waals surface area contributed by atoms with Crippen molar-refractivity contribution in [1.29, 1.82) is 0 Å². The summed E-state index contributed by atoms with van der Waals surface area (Å²) in [6.07, 6.45) is 5.38. The molecule has 0 bridgehead atoms. The molecule has 90 heavy (non-hydrogen) atoms. The van der Waals surface area contributed by atoms with Gasteiger partial charge in [0, 0.05) is 33.4 Å². The summed E-state index contributed by atoms with van der Waals surface area (Å²) < 4.78 is 255. The summed E-state index contributed by atoms with van der Waals surface area (Å²) in [5, 5.41) is 0. The van der Waals surface area contributed by atoms with Crippen LogP contribution in [0.5, 0.6) is 5.75 Å². The average molecular weight is 1300 g/mol. The summed E-state index contributed by atoms with van der Waals surface area (Å²) in [6.45, 7) is 37.6. The Bertz CT molecular complexity index is 3120. The molecule has 6 rings (SSSR count). The predicted octanol–water partition coefficient (Wildman–Crippen LogP) is 22.8. The standard InChI is InChI=1S/C14H20.C12H12F4.C12H14F2.C11H12F4O.C11H12F4.C10H9F5/c1-6-13-8-11(4)14(7-10(2)3)12(5)9-13;1-4-7-9(13)11(15)8(5-6(2)3)12(16)10(7)14;1-4-9-6-11(13)10(5-8(2)3)12(14)7-9;1-5(2)4-6-7(12)9(14)11(16-3)10(15)8(6)13;1-5(2)4-7-10(14)8(12)6(3)9(13)11(7)15;1-4(2)3-5-6(11)8(13)10(15)9(14)7(5)12/h6,8-10H,1,7H2,2-5H3;4,6H,1,5H2,2-3H3;4,6-8H,1,5H2,2-3H3;5H,4H2,1-3H3;5H,4H2,1-3H3;4H,3H2,1-2H3. The fourth-order valence-electron chi connectivity index (χ4n) is 8.72. The first kappa shape index (κ1) is 81.0. The normalized spacial score (nSPS) is 10.9. The summed E-state index contributed by atoms with van der Waals surface area (Å²) in [5.41, 5.74) is 2.42. The first-order chi connectivity index (χ1) is 41.6. The van der Waals surface area contributed by atoms with Crippen LogP contribution in [0.25, 0.3) is 18.2 Å². The van der Waals surface area contributed by atoms with Crippen LogP contribution in [0.3, 0.4) is 0 Å². The SMILES string of the molecule is C=Cc1c(F)c(F)c(CC(C)C)c(F)c1F.C=Cc1cc(C)c(CC(C)C)c(C)c1.C=Cc1cc(F)c(CC(C)C)c(F)c1.CC(C)Cc1c(F)c(F)c(F)c(F)c1F.COc1c(F)c(F)c(CC(C)C)c(F)c1F.Cc1c(F)c(F)c(CC(C)C)c(F)c1F. The van der Waals surface area contributed by atoms with E-state index < -0.39 is 150 Å². The second-order valence-corrected chi connectivity index (χ2v) is 23.6. The minimum Gasteiger partial charge on any atom is -0.491 e. The van der Waals surface area contributed by atoms with Crippen molar-refractivity contribution >= 4 is 18.2 Å². The zero-order chi connectivity index (χ0) is 69.8. The highest BCUT2D eigenvalue weighted by molar-refractivity contribution is 5.53. The molecule has 0 saturated carbocycles. The number of methoxy groups -OCH3 is 1. The number of hydrogen-bond acceptors (Lipinski definition) is 1. The van der Waals surface area contributed by atoms with Crippen LogP contribution < -0.4 is 4.74 Å². The number of aryl methyl sites for hydroxylation is 2. The van der Waals surface area contributed by atoms with Crippen LogP contribution >= 0.6 is 0 Å². The van der Waals surface area contributed by atoms with Crippen LogP contribution in [0.1, 0.15) is 150 Å². The lowest BCUT2D eigenvalue weighted by Crippen LogP contribution is -2.09. The zero-order valence-corrected chi connectivity index (χ0v) is 53.5. The van der Waals surface area contributed by atoms with Crippen molar-refractivity contribution in [3.63, 3.8) is 0 Å². The molecule has 6 aromatic carbocycles. The molecule has 0 aliphatic heterocycles. The van der Waals surface area contributed by atoms with E-state index in [0.29, 0.717) is 12.0 Å². The van der Waals surface area contributed by atoms with Crippen LogP contribution in [0.2, 0.25) is 0 Å². The second kappa shape index (κ2) is 36.8. The van der Waals surface area contributed by atoms with Crippen LogP contribution in [0.4, 0.5) is 83.4 Å². The van der Waals surface area contributed by atoms with Gasteiger partial charge in [-0.3, -0.25) is 0 Å². The van der Waals surface area contributed by atoms with Crippen molar-refractivity contribution in [2.75, 3.05) is 7.11 Å². The minimum absolute atomic E-state index is 0.0220. The van der Waals surface area contributed by atoms with Gasteiger partial charge in [0.1, 0.15) is 11.6 Å². The number of hydrogen-bond donors (Lipinski definition) is 0. The lowest BCUT2D eigenvalue weighted by Gasteiger charge is -2.13. The highest BCUT2D eigenvalue weighted by atomic mass is 19.2. The third-order valence-electron chi connectivity index (χ3n) is 13.0. The van der Waals surface area contributed by atoms with Gasteiger partial charge in [-0.1, -0.05) is 133 Å². The van der Waals surface area contributed by atoms with Crippen molar-refractivity contribution in [2.45, 2.75) is 142 Å². The molecule has 0 radical (unpaired) electrons. The molecule has 6 aromatic rings. The van der Waals surface area contributed by atoms with Gasteiger partial charge in [0.2, 0.25) is 17.5 Å². The Labute approximate surface area is 516 Å². The van der Waals surface area contributed by atoms with Crippen LogP contribution in [-0.4, -0.2) is 7.11 Å². The molecule has 0 aliphatic carbocycles. The molecule has 20 heteroatoms. The Kier molecular flexibility index (Phi) is 33.1. The molecule has 0 aliphatic rings. The van der Waals surface area contributed by atoms with Crippen LogP contribution in [0.15, 0.2) is 44.0 Å². The van der Waals surface area contributed by atoms with Gasteiger partial charge in [-0.05, 0) is 135 Å². The molecule has 498 valence electrons. The van der Waals surface area contributed by atoms with E-state index in [0.717, 1.165) is 26.0 Å². The monoisotopic (exact) mass is 1300 g/mol. The molecule has 0 unspecified atom stereocenters. The van der Waals surface area contributed by atoms with Crippen molar-refractivity contribution < 1.29 is 88.2 Å². The summed E-state index contributed by atoms with van der Waals surface area (Å²) >= 11 is 0. The molecule has 0 aromatic heterocycles. The van der Waals surface area contributed by atoms with Crippen LogP contribution in [0, 0.1) is 167 Å². The van der Waals surface area contributed by atoms with Crippen molar-refractivity contribution in [3.8, 4) is 5.75 Å². The number of ether oxygens (including phenoxy) is 1. The maximum Gasteiger partial charge on any atom is 0.204 e. The van der Waals surface area contributed by atoms with E-state index in [1.807, 2.05) is 19.9 Å². The molecule has 0 saturated heterocycles. The lowest BCUT2D eigenvalue weighted by atomic mass is 9.93. The molecular formula is C70H79F19O. The smallest absolute Gasteiger partial charge is 0.204 e. The average Bonchev–Trinajstić information content (AvgIpc) is 0.964. The Balaban J connectivity index is 0.000000540. The van der Waals surface area contributed by atoms with Crippen molar-refractivity contribution in [3.05, 3.63) is 221 Å². The zero-order valence-electron chi connectivity index (χ0n) is 53.5. The predicted molar refractivity (Wildman–Crippen MR) is 320 cm³/mol. The molecule has 0 fully saturated rings. The second-order valence-electron chi connectivity index (χ2n) is 23.6. The van der Waals surface area contributed by atoms with Gasteiger partial charge in [0.25, 0.3) is 0 Å². The van der Waals surface area contributed by atoms with Crippen LogP contribution in [-0.2, 0) is 38.5 Å². The van der Waals surface area contributed by atoms with Gasteiger partial charge in [0.05, 0.1) is 12.7 Å². The topological polar surface area (TPSA) is 9.23 Å². The quantitative estimate of drug-likeness (QED) is 0.0533. The summed E-state index contributed by atoms with van der Waals surface area (Å²) in [7, 11) is 0.947. The van der Waals surface area contributed by atoms with E-state index in [2.05, 4.69) is 64.3 Å². The molecular weight excluding hydrogens is 1220 g/mol. The molecule has 0 heterocycles. The number of rotatable bonds is 16. The van der Waals surface area contributed by atoms with Gasteiger partial charge in [0.15, 0.2) is 87.2 Å². The Hall–Kier alpha value is -6.99. The molecule has 0 amide bonds. The summed E-state index contributed by atoms with van der Waals surface area (Å²) in [4.78, 5) is 0. The lowest BCUT2D eigenvalue weighted by molar-refractivity contribution is 0.327. The maximum atomic E-state index is 13.4. The van der Waals surface area contributed by atoms with Gasteiger partial charge >= 0.3 is 0 Å². The minimum atomic E-state index is -2.11. The first-order valence-electron chi connectivity index (χ1n) is 28.6. The number of halogens is 19. The van der Waals surface area contributed by atoms with E-state index in [4.69, 9.17) is 0 Å². The van der Waals surface area contributed by atoms with Gasteiger partial charge < -0.3 is 4.74 Å². The maximum absolute atomic E-state index is 13.4. The summed E-state index contributed by atoms with van der Waals surface area (Å²) in [6, 6.07) is 7.07. The third kappa shape index (κ3) is 22.2. The Morgan fingerprint density at radius 2 is 0.533 bits per heavy atom. The third-order valence-corrected chi connectivity index (χ3v) is 13.0. The molecule has 1 nitrogen and oxygen atoms in total. The molecule has 0 N–H and O–H groups in total. The fraction of sp³-hybridized carbons (Fsp3) is 0.400. The Morgan fingerprint density at radius 3 is 0.800 bits per heavy atom. The van der Waals surface area contributed by atoms with E-state index in [9.17, 15) is 83.4 Å². The molecule has 0 spiro atoms. The highest BCUT2D eigenvalue weighted by Crippen LogP contribution is 2.33. The van der Waals surface area contributed by atoms with E-state index in [1.54, 1.807) is 55.4 Å². The van der Waals surface area contributed by atoms with E-state index in [1.165, 1.54) is 46.9 Å². The Morgan fingerprint density at radius 1 is 0.300 bits per heavy atom. The first-order valence-corrected chi connectivity index (χ1v) is 28.6. The molecule has 0 atom stereocenters. The van der Waals surface area contributed by atoms with Gasteiger partial charge in [-0.15, -0.1) is 0 Å². The van der Waals surface area contributed by atoms with Crippen molar-refractivity contribution in [1.82, 2.24) is 0 Å². The van der Waals surface area contributed by atoms with Crippen molar-refractivity contribution in [2.24, 2.45) is 35.5 Å². The fourth-order valence-corrected chi connectivity index (χ4v) is 8.72. The summed E-state index contributed by atoms with van der Waals surface area (Å²) in [5.74, 6) is -27.2. The van der Waals surface area contributed by atoms with Gasteiger partial charge in [-0.25, -0.2) is 74.6 Å². The largest absolute Gasteiger partial charge is 0.491 e. The van der Waals surface area contributed by atoms with E-state index >= 15 is 0 Å². The van der Waals surface area contributed by atoms with Gasteiger partial charge in [-0.2, -0.15) is 8.78 Å². The number of benzene rings is 6. The van der Waals surface area contributed by atoms with E-state index in [-0.39, 0.29) is 60.8 Å². The highest BCUT2D eigenvalue weighted by Gasteiger charge is 2.29.